The van der Waals surface area contributed by atoms with Crippen LogP contribution in [0.5, 0.6) is 0 Å². The van der Waals surface area contributed by atoms with Gasteiger partial charge in [-0.25, -0.2) is 0 Å². The van der Waals surface area contributed by atoms with Crippen molar-refractivity contribution in [1.82, 2.24) is 0 Å². The van der Waals surface area contributed by atoms with Crippen molar-refractivity contribution < 1.29 is 0 Å². The first-order valence-corrected chi connectivity index (χ1v) is 7.44. The van der Waals surface area contributed by atoms with Gasteiger partial charge in [-0.1, -0.05) is 22.0 Å². The second-order valence-corrected chi connectivity index (χ2v) is 6.07. The second kappa shape index (κ2) is 4.44. The molecule has 4 heteroatoms. The maximum atomic E-state index is 5.98. The molecule has 1 heterocycles. The molecule has 0 nitrogen and oxygen atoms in total. The summed E-state index contributed by atoms with van der Waals surface area (Å²) >= 11 is 13.1. The molecular formula is C10H8BrClS2. The van der Waals surface area contributed by atoms with Gasteiger partial charge in [0, 0.05) is 26.0 Å². The fourth-order valence-corrected chi connectivity index (χ4v) is 4.60. The van der Waals surface area contributed by atoms with Crippen LogP contribution >= 0.6 is 50.6 Å². The monoisotopic (exact) mass is 306 g/mol. The molecule has 2 aromatic rings. The van der Waals surface area contributed by atoms with Crippen LogP contribution < -0.4 is 0 Å². The minimum absolute atomic E-state index is 0.582. The summed E-state index contributed by atoms with van der Waals surface area (Å²) in [7, 11) is 0. The van der Waals surface area contributed by atoms with Gasteiger partial charge >= 0.3 is 0 Å². The molecule has 0 spiro atoms. The van der Waals surface area contributed by atoms with Crippen LogP contribution in [0.4, 0.5) is 0 Å². The lowest BCUT2D eigenvalue weighted by Crippen LogP contribution is -1.77. The molecule has 0 amide bonds. The van der Waals surface area contributed by atoms with Crippen LogP contribution in [0.15, 0.2) is 26.9 Å². The molecule has 0 fully saturated rings. The Morgan fingerprint density at radius 2 is 2.29 bits per heavy atom. The predicted octanol–water partition coefficient (Wildman–Crippen LogP) is 5.12. The quantitative estimate of drug-likeness (QED) is 0.548. The molecule has 1 aromatic heterocycles. The van der Waals surface area contributed by atoms with E-state index in [2.05, 4.69) is 40.4 Å². The van der Waals surface area contributed by atoms with Gasteiger partial charge in [-0.2, -0.15) is 0 Å². The van der Waals surface area contributed by atoms with Gasteiger partial charge in [0.25, 0.3) is 0 Å². The predicted molar refractivity (Wildman–Crippen MR) is 70.9 cm³/mol. The molecule has 0 unspecified atom stereocenters. The highest BCUT2D eigenvalue weighted by atomic mass is 79.9. The van der Waals surface area contributed by atoms with E-state index in [1.54, 1.807) is 11.8 Å². The third-order valence-electron chi connectivity index (χ3n) is 2.05. The number of hydrogen-bond acceptors (Lipinski definition) is 2. The van der Waals surface area contributed by atoms with Gasteiger partial charge in [0.2, 0.25) is 0 Å². The average molecular weight is 308 g/mol. The Bertz CT molecular complexity index is 464. The van der Waals surface area contributed by atoms with Crippen LogP contribution in [-0.2, 0) is 5.88 Å². The van der Waals surface area contributed by atoms with E-state index in [0.29, 0.717) is 5.88 Å². The average Bonchev–Trinajstić information content (AvgIpc) is 2.56. The van der Waals surface area contributed by atoms with Crippen molar-refractivity contribution in [1.29, 1.82) is 0 Å². The molecule has 0 radical (unpaired) electrons. The summed E-state index contributed by atoms with van der Waals surface area (Å²) < 4.78 is 3.77. The van der Waals surface area contributed by atoms with Gasteiger partial charge in [-0.05, 0) is 18.4 Å². The van der Waals surface area contributed by atoms with E-state index in [4.69, 9.17) is 11.6 Å². The maximum absolute atomic E-state index is 5.98. The van der Waals surface area contributed by atoms with Crippen LogP contribution in [0.2, 0.25) is 0 Å². The fraction of sp³-hybridized carbons (Fsp3) is 0.200. The Balaban J connectivity index is 2.81. The largest absolute Gasteiger partial charge is 0.128 e. The van der Waals surface area contributed by atoms with Crippen molar-refractivity contribution in [2.24, 2.45) is 0 Å². The zero-order valence-electron chi connectivity index (χ0n) is 7.51. The van der Waals surface area contributed by atoms with E-state index < -0.39 is 0 Å². The first kappa shape index (κ1) is 10.8. The molecule has 2 rings (SSSR count). The molecule has 0 atom stereocenters. The number of hydrogen-bond donors (Lipinski definition) is 0. The summed E-state index contributed by atoms with van der Waals surface area (Å²) in [4.78, 5) is 0. The van der Waals surface area contributed by atoms with Crippen molar-refractivity contribution in [2.45, 2.75) is 10.1 Å². The van der Waals surface area contributed by atoms with E-state index in [-0.39, 0.29) is 0 Å². The summed E-state index contributed by atoms with van der Waals surface area (Å²) in [6.07, 6.45) is 2.09. The highest BCUT2D eigenvalue weighted by Crippen LogP contribution is 2.41. The van der Waals surface area contributed by atoms with Gasteiger partial charge in [-0.15, -0.1) is 34.7 Å². The molecule has 0 N–H and O–H groups in total. The molecule has 0 saturated heterocycles. The van der Waals surface area contributed by atoms with Crippen LogP contribution in [0, 0.1) is 0 Å². The number of fused-ring (bicyclic) bond motifs is 1. The van der Waals surface area contributed by atoms with Crippen molar-refractivity contribution in [2.75, 3.05) is 6.26 Å². The smallest absolute Gasteiger partial charge is 0.0653 e. The van der Waals surface area contributed by atoms with Gasteiger partial charge in [0.15, 0.2) is 0 Å². The van der Waals surface area contributed by atoms with E-state index in [1.165, 1.54) is 19.9 Å². The SMILES string of the molecule is CSc1sc2cccc(Br)c2c1CCl. The zero-order chi connectivity index (χ0) is 10.1. The molecule has 0 aliphatic rings. The first-order chi connectivity index (χ1) is 6.77. The second-order valence-electron chi connectivity index (χ2n) is 2.82. The van der Waals surface area contributed by atoms with Gasteiger partial charge < -0.3 is 0 Å². The molecule has 74 valence electrons. The number of alkyl halides is 1. The Labute approximate surface area is 105 Å². The number of rotatable bonds is 2. The van der Waals surface area contributed by atoms with Crippen molar-refractivity contribution in [3.63, 3.8) is 0 Å². The minimum atomic E-state index is 0.582. The van der Waals surface area contributed by atoms with Crippen LogP contribution in [-0.4, -0.2) is 6.26 Å². The Kier molecular flexibility index (Phi) is 3.42. The van der Waals surface area contributed by atoms with E-state index in [0.717, 1.165) is 4.47 Å². The molecule has 0 aliphatic carbocycles. The summed E-state index contributed by atoms with van der Waals surface area (Å²) in [5.74, 6) is 0.582. The van der Waals surface area contributed by atoms with Crippen LogP contribution in [0.1, 0.15) is 5.56 Å². The number of thiophene rings is 1. The lowest BCUT2D eigenvalue weighted by Gasteiger charge is -1.98. The lowest BCUT2D eigenvalue weighted by molar-refractivity contribution is 1.39. The number of thioether (sulfide) groups is 1. The van der Waals surface area contributed by atoms with E-state index >= 15 is 0 Å². The molecule has 0 aliphatic heterocycles. The first-order valence-electron chi connectivity index (χ1n) is 4.07. The summed E-state index contributed by atoms with van der Waals surface area (Å²) in [5.41, 5.74) is 1.26. The van der Waals surface area contributed by atoms with E-state index in [1.807, 2.05) is 11.3 Å². The van der Waals surface area contributed by atoms with Gasteiger partial charge in [0.1, 0.15) is 0 Å². The van der Waals surface area contributed by atoms with Crippen LogP contribution in [0.3, 0.4) is 0 Å². The standard InChI is InChI=1S/C10H8BrClS2/c1-13-10-6(5-12)9-7(11)3-2-4-8(9)14-10/h2-4H,5H2,1H3. The normalized spacial score (nSPS) is 11.1. The number of halogens is 2. The summed E-state index contributed by atoms with van der Waals surface area (Å²) in [5, 5.41) is 1.27. The molecular weight excluding hydrogens is 300 g/mol. The minimum Gasteiger partial charge on any atom is -0.128 e. The zero-order valence-corrected chi connectivity index (χ0v) is 11.5. The third kappa shape index (κ3) is 1.71. The molecule has 14 heavy (non-hydrogen) atoms. The highest BCUT2D eigenvalue weighted by Gasteiger charge is 2.12. The summed E-state index contributed by atoms with van der Waals surface area (Å²) in [6.45, 7) is 0. The van der Waals surface area contributed by atoms with Crippen molar-refractivity contribution in [3.8, 4) is 0 Å². The Morgan fingerprint density at radius 3 is 2.93 bits per heavy atom. The fourth-order valence-electron chi connectivity index (χ4n) is 1.43. The molecule has 1 aromatic carbocycles. The maximum Gasteiger partial charge on any atom is 0.0653 e. The third-order valence-corrected chi connectivity index (χ3v) is 5.33. The van der Waals surface area contributed by atoms with Gasteiger partial charge in [-0.3, -0.25) is 0 Å². The van der Waals surface area contributed by atoms with E-state index in [9.17, 15) is 0 Å². The Hall–Kier alpha value is 0.300. The Morgan fingerprint density at radius 1 is 1.50 bits per heavy atom. The van der Waals surface area contributed by atoms with Crippen molar-refractivity contribution >= 4 is 60.7 Å². The highest BCUT2D eigenvalue weighted by molar-refractivity contribution is 9.10. The lowest BCUT2D eigenvalue weighted by atomic mass is 10.2. The van der Waals surface area contributed by atoms with Gasteiger partial charge in [0.05, 0.1) is 4.21 Å². The van der Waals surface area contributed by atoms with Crippen molar-refractivity contribution in [3.05, 3.63) is 28.2 Å². The summed E-state index contributed by atoms with van der Waals surface area (Å²) in [6, 6.07) is 6.26. The topological polar surface area (TPSA) is 0 Å². The molecule has 0 bridgehead atoms. The van der Waals surface area contributed by atoms with Crippen LogP contribution in [0.25, 0.3) is 10.1 Å². The molecule has 0 saturated carbocycles. The number of benzene rings is 1.